The van der Waals surface area contributed by atoms with Crippen LogP contribution in [0, 0.1) is 0 Å². The molecule has 0 spiro atoms. The summed E-state index contributed by atoms with van der Waals surface area (Å²) >= 11 is 1.50. The first-order valence-corrected chi connectivity index (χ1v) is 11.4. The highest BCUT2D eigenvalue weighted by atomic mass is 32.2. The average Bonchev–Trinajstić information content (AvgIpc) is 3.18. The van der Waals surface area contributed by atoms with Gasteiger partial charge in [0.2, 0.25) is 0 Å². The molecule has 1 N–H and O–H groups in total. The Labute approximate surface area is 189 Å². The minimum Gasteiger partial charge on any atom is -0.392 e. The van der Waals surface area contributed by atoms with E-state index in [0.29, 0.717) is 18.8 Å². The highest BCUT2D eigenvalue weighted by molar-refractivity contribution is 7.99. The third kappa shape index (κ3) is 4.37. The number of anilines is 2. The van der Waals surface area contributed by atoms with Crippen LogP contribution < -0.4 is 4.90 Å². The predicted molar refractivity (Wildman–Crippen MR) is 120 cm³/mol. The van der Waals surface area contributed by atoms with E-state index >= 15 is 0 Å². The molecule has 1 fully saturated rings. The van der Waals surface area contributed by atoms with Gasteiger partial charge in [-0.25, -0.2) is 0 Å². The maximum atomic E-state index is 13.4. The van der Waals surface area contributed by atoms with Crippen molar-refractivity contribution in [1.29, 1.82) is 0 Å². The lowest BCUT2D eigenvalue weighted by molar-refractivity contribution is -0.137. The van der Waals surface area contributed by atoms with Gasteiger partial charge < -0.3 is 10.0 Å². The fraction of sp³-hybridized carbons (Fsp3) is 0.280. The van der Waals surface area contributed by atoms with Gasteiger partial charge in [-0.15, -0.1) is 0 Å². The van der Waals surface area contributed by atoms with Crippen LogP contribution in [0.5, 0.6) is 0 Å². The van der Waals surface area contributed by atoms with Gasteiger partial charge in [-0.05, 0) is 47.9 Å². The summed E-state index contributed by atoms with van der Waals surface area (Å²) in [5.41, 5.74) is 3.06. The summed E-state index contributed by atoms with van der Waals surface area (Å²) in [6, 6.07) is 20.0. The number of para-hydroxylation sites is 1. The molecule has 3 aromatic carbocycles. The lowest BCUT2D eigenvalue weighted by Crippen LogP contribution is -2.22. The number of fused-ring (bicyclic) bond motifs is 2. The highest BCUT2D eigenvalue weighted by Crippen LogP contribution is 2.50. The second kappa shape index (κ2) is 8.46. The van der Waals surface area contributed by atoms with Crippen molar-refractivity contribution >= 4 is 23.1 Å². The first-order valence-electron chi connectivity index (χ1n) is 10.6. The van der Waals surface area contributed by atoms with Crippen LogP contribution in [-0.2, 0) is 19.3 Å². The largest absolute Gasteiger partial charge is 0.416 e. The molecule has 2 aliphatic rings. The molecule has 0 bridgehead atoms. The van der Waals surface area contributed by atoms with E-state index in [4.69, 9.17) is 0 Å². The van der Waals surface area contributed by atoms with Crippen LogP contribution in [0.4, 0.5) is 24.5 Å². The summed E-state index contributed by atoms with van der Waals surface area (Å²) < 4.78 is 40.2. The Morgan fingerprint density at radius 3 is 2.25 bits per heavy atom. The zero-order chi connectivity index (χ0) is 22.3. The highest BCUT2D eigenvalue weighted by Gasteiger charge is 2.33. The Hall–Kier alpha value is -2.48. The van der Waals surface area contributed by atoms with Gasteiger partial charge in [-0.3, -0.25) is 4.90 Å². The average molecular weight is 457 g/mol. The number of rotatable bonds is 4. The van der Waals surface area contributed by atoms with Gasteiger partial charge in [0.25, 0.3) is 0 Å². The van der Waals surface area contributed by atoms with Crippen molar-refractivity contribution in [3.8, 4) is 0 Å². The van der Waals surface area contributed by atoms with E-state index in [9.17, 15) is 18.3 Å². The fourth-order valence-electron chi connectivity index (χ4n) is 4.32. The summed E-state index contributed by atoms with van der Waals surface area (Å²) in [6.45, 7) is 2.86. The number of hydrogen-bond donors (Lipinski definition) is 1. The predicted octanol–water partition coefficient (Wildman–Crippen LogP) is 6.07. The molecule has 0 aromatic heterocycles. The van der Waals surface area contributed by atoms with Gasteiger partial charge in [0.15, 0.2) is 0 Å². The Bertz CT molecular complexity index is 1120. The summed E-state index contributed by atoms with van der Waals surface area (Å²) in [7, 11) is 0. The Morgan fingerprint density at radius 1 is 0.875 bits per heavy atom. The van der Waals surface area contributed by atoms with Crippen molar-refractivity contribution < 1.29 is 18.3 Å². The van der Waals surface area contributed by atoms with E-state index in [1.165, 1.54) is 17.8 Å². The van der Waals surface area contributed by atoms with Crippen molar-refractivity contribution in [2.24, 2.45) is 0 Å². The van der Waals surface area contributed by atoms with Gasteiger partial charge in [-0.1, -0.05) is 48.2 Å². The molecule has 2 heterocycles. The fourth-order valence-corrected chi connectivity index (χ4v) is 5.40. The third-order valence-electron chi connectivity index (χ3n) is 5.97. The zero-order valence-corrected chi connectivity index (χ0v) is 18.2. The van der Waals surface area contributed by atoms with E-state index in [2.05, 4.69) is 17.0 Å². The van der Waals surface area contributed by atoms with E-state index in [0.717, 1.165) is 52.2 Å². The Morgan fingerprint density at radius 2 is 1.56 bits per heavy atom. The zero-order valence-electron chi connectivity index (χ0n) is 17.3. The third-order valence-corrected chi connectivity index (χ3v) is 7.10. The molecule has 1 saturated heterocycles. The normalized spacial score (nSPS) is 18.5. The van der Waals surface area contributed by atoms with Crippen molar-refractivity contribution in [2.45, 2.75) is 41.6 Å². The van der Waals surface area contributed by atoms with Crippen molar-refractivity contribution in [3.05, 3.63) is 83.4 Å². The Balaban J connectivity index is 1.43. The number of halogens is 3. The molecule has 0 amide bonds. The number of aliphatic hydroxyl groups is 1. The van der Waals surface area contributed by atoms with Gasteiger partial charge >= 0.3 is 6.18 Å². The maximum Gasteiger partial charge on any atom is 0.416 e. The quantitative estimate of drug-likeness (QED) is 0.515. The molecule has 32 heavy (non-hydrogen) atoms. The smallest absolute Gasteiger partial charge is 0.392 e. The summed E-state index contributed by atoms with van der Waals surface area (Å²) in [6.07, 6.45) is -3.82. The van der Waals surface area contributed by atoms with Gasteiger partial charge in [0.05, 0.1) is 23.0 Å². The van der Waals surface area contributed by atoms with E-state index in [1.807, 2.05) is 41.3 Å². The van der Waals surface area contributed by atoms with Crippen LogP contribution in [-0.4, -0.2) is 29.2 Å². The molecule has 1 atom stereocenters. The van der Waals surface area contributed by atoms with Gasteiger partial charge in [0.1, 0.15) is 0 Å². The van der Waals surface area contributed by atoms with E-state index in [1.54, 1.807) is 6.07 Å². The van der Waals surface area contributed by atoms with Crippen molar-refractivity contribution in [2.75, 3.05) is 18.0 Å². The SMILES string of the molecule is OC1CCN(Cc2ccc(CN3c4ccccc4Sc4ccc(C(F)(F)F)cc43)cc2)C1. The molecular weight excluding hydrogens is 433 g/mol. The van der Waals surface area contributed by atoms with Crippen molar-refractivity contribution in [3.63, 3.8) is 0 Å². The van der Waals surface area contributed by atoms with Gasteiger partial charge in [0, 0.05) is 36.0 Å². The first kappa shape index (κ1) is 21.4. The van der Waals surface area contributed by atoms with Crippen LogP contribution in [0.15, 0.2) is 76.5 Å². The standard InChI is InChI=1S/C25H23F3N2OS/c26-25(27,28)19-9-10-24-22(13-19)30(21-3-1-2-4-23(21)32-24)15-18-7-5-17(6-8-18)14-29-12-11-20(31)16-29/h1-10,13,20,31H,11-12,14-16H2. The molecule has 0 radical (unpaired) electrons. The number of β-amino-alcohol motifs (C(OH)–C–C–N with tert-alkyl or cyclic N) is 1. The lowest BCUT2D eigenvalue weighted by atomic mass is 10.1. The number of alkyl halides is 3. The van der Waals surface area contributed by atoms with E-state index < -0.39 is 11.7 Å². The molecule has 1 unspecified atom stereocenters. The minimum absolute atomic E-state index is 0.243. The van der Waals surface area contributed by atoms with Crippen molar-refractivity contribution in [1.82, 2.24) is 4.90 Å². The molecule has 3 aromatic rings. The molecule has 3 nitrogen and oxygen atoms in total. The molecule has 5 rings (SSSR count). The number of benzene rings is 3. The molecule has 7 heteroatoms. The van der Waals surface area contributed by atoms with Gasteiger partial charge in [-0.2, -0.15) is 13.2 Å². The number of likely N-dealkylation sites (tertiary alicyclic amines) is 1. The minimum atomic E-state index is -4.38. The summed E-state index contributed by atoms with van der Waals surface area (Å²) in [5.74, 6) is 0. The molecule has 0 aliphatic carbocycles. The maximum absolute atomic E-state index is 13.4. The Kier molecular flexibility index (Phi) is 5.65. The van der Waals surface area contributed by atoms with Crippen LogP contribution in [0.1, 0.15) is 23.1 Å². The monoisotopic (exact) mass is 456 g/mol. The van der Waals surface area contributed by atoms with Crippen LogP contribution in [0.3, 0.4) is 0 Å². The molecule has 0 saturated carbocycles. The van der Waals surface area contributed by atoms with Crippen LogP contribution in [0.25, 0.3) is 0 Å². The topological polar surface area (TPSA) is 26.7 Å². The summed E-state index contributed by atoms with van der Waals surface area (Å²) in [4.78, 5) is 6.06. The summed E-state index contributed by atoms with van der Waals surface area (Å²) in [5, 5.41) is 9.71. The lowest BCUT2D eigenvalue weighted by Gasteiger charge is -2.33. The van der Waals surface area contributed by atoms with Crippen LogP contribution in [0.2, 0.25) is 0 Å². The number of hydrogen-bond acceptors (Lipinski definition) is 4. The molecule has 166 valence electrons. The van der Waals surface area contributed by atoms with E-state index in [-0.39, 0.29) is 6.10 Å². The number of nitrogens with zero attached hydrogens (tertiary/aromatic N) is 2. The first-order chi connectivity index (χ1) is 15.4. The second-order valence-corrected chi connectivity index (χ2v) is 9.41. The molecular formula is C25H23F3N2OS. The molecule has 2 aliphatic heterocycles. The van der Waals surface area contributed by atoms with Crippen LogP contribution >= 0.6 is 11.8 Å². The number of aliphatic hydroxyl groups excluding tert-OH is 1. The second-order valence-electron chi connectivity index (χ2n) is 8.33.